The van der Waals surface area contributed by atoms with E-state index in [2.05, 4.69) is 28.1 Å². The number of halogens is 1. The number of aliphatic hydroxyl groups excluding tert-OH is 1. The molecule has 36 heavy (non-hydrogen) atoms. The van der Waals surface area contributed by atoms with Gasteiger partial charge < -0.3 is 24.1 Å². The van der Waals surface area contributed by atoms with Crippen molar-refractivity contribution in [3.8, 4) is 11.5 Å². The van der Waals surface area contributed by atoms with Gasteiger partial charge in [0.25, 0.3) is 0 Å². The average Bonchev–Trinajstić information content (AvgIpc) is 2.94. The van der Waals surface area contributed by atoms with Gasteiger partial charge in [-0.15, -0.1) is 0 Å². The van der Waals surface area contributed by atoms with Crippen LogP contribution in [0.15, 0.2) is 78.9 Å². The topological polar surface area (TPSA) is 57.2 Å². The Bertz CT molecular complexity index is 976. The summed E-state index contributed by atoms with van der Waals surface area (Å²) in [5, 5.41) is 11.3. The largest absolute Gasteiger partial charge is 0.497 e. The molecule has 0 aliphatic heterocycles. The fraction of sp³-hybridized carbons (Fsp3) is 0.400. The maximum Gasteiger partial charge on any atom is 0.143 e. The molecule has 3 aromatic rings. The van der Waals surface area contributed by atoms with Crippen LogP contribution in [0.4, 0.5) is 0 Å². The minimum Gasteiger partial charge on any atom is -0.497 e. The molecule has 0 amide bonds. The molecule has 5 nitrogen and oxygen atoms in total. The van der Waals surface area contributed by atoms with E-state index in [4.69, 9.17) is 18.9 Å². The molecule has 6 heteroatoms. The van der Waals surface area contributed by atoms with Crippen molar-refractivity contribution in [1.82, 2.24) is 0 Å². The molecule has 1 atom stereocenters. The van der Waals surface area contributed by atoms with E-state index < -0.39 is 11.0 Å². The minimum atomic E-state index is -0.924. The monoisotopic (exact) mass is 556 g/mol. The molecule has 0 aliphatic carbocycles. The number of aliphatic hydroxyl groups is 1. The molecule has 0 saturated carbocycles. The van der Waals surface area contributed by atoms with Gasteiger partial charge in [0.05, 0.1) is 34.0 Å². The third-order valence-electron chi connectivity index (χ3n) is 6.32. The molecular formula is C30H37BrO5. The van der Waals surface area contributed by atoms with Crippen molar-refractivity contribution in [3.05, 3.63) is 95.6 Å². The van der Waals surface area contributed by atoms with Crippen LogP contribution >= 0.6 is 15.9 Å². The van der Waals surface area contributed by atoms with E-state index >= 15 is 0 Å². The van der Waals surface area contributed by atoms with E-state index in [-0.39, 0.29) is 13.2 Å². The Labute approximate surface area is 223 Å². The molecule has 1 unspecified atom stereocenters. The second-order valence-electron chi connectivity index (χ2n) is 9.21. The van der Waals surface area contributed by atoms with Crippen LogP contribution in [0, 0.1) is 5.41 Å². The van der Waals surface area contributed by atoms with Crippen molar-refractivity contribution in [2.24, 2.45) is 5.41 Å². The Morgan fingerprint density at radius 3 is 1.72 bits per heavy atom. The van der Waals surface area contributed by atoms with E-state index in [1.165, 1.54) is 0 Å². The second kappa shape index (κ2) is 13.8. The first-order chi connectivity index (χ1) is 17.5. The predicted octanol–water partition coefficient (Wildman–Crippen LogP) is 6.20. The van der Waals surface area contributed by atoms with Gasteiger partial charge in [-0.3, -0.25) is 0 Å². The van der Waals surface area contributed by atoms with E-state index in [1.807, 2.05) is 73.7 Å². The molecule has 3 rings (SSSR count). The molecule has 0 heterocycles. The Kier molecular flexibility index (Phi) is 10.8. The van der Waals surface area contributed by atoms with Crippen LogP contribution in [0.3, 0.4) is 0 Å². The van der Waals surface area contributed by atoms with Gasteiger partial charge in [0, 0.05) is 17.4 Å². The zero-order valence-electron chi connectivity index (χ0n) is 21.4. The Morgan fingerprint density at radius 2 is 1.25 bits per heavy atom. The summed E-state index contributed by atoms with van der Waals surface area (Å²) in [7, 11) is 3.31. The van der Waals surface area contributed by atoms with Crippen molar-refractivity contribution < 1.29 is 24.1 Å². The first kappa shape index (κ1) is 28.2. The lowest BCUT2D eigenvalue weighted by Crippen LogP contribution is -2.40. The lowest BCUT2D eigenvalue weighted by atomic mass is 9.79. The molecule has 0 aromatic heterocycles. The normalized spacial score (nSPS) is 13.2. The van der Waals surface area contributed by atoms with Crippen LogP contribution in [-0.2, 0) is 15.1 Å². The van der Waals surface area contributed by atoms with Crippen molar-refractivity contribution in [2.75, 3.05) is 46.0 Å². The summed E-state index contributed by atoms with van der Waals surface area (Å²) >= 11 is 3.45. The lowest BCUT2D eigenvalue weighted by molar-refractivity contribution is -0.0825. The average molecular weight is 558 g/mol. The molecule has 0 spiro atoms. The van der Waals surface area contributed by atoms with E-state index in [0.717, 1.165) is 46.4 Å². The SMILES string of the molecule is COc1ccc(C(OCC(C)(CO)COCCCCBr)(c2ccccc2)c2ccc(OC)cc2)cc1. The van der Waals surface area contributed by atoms with E-state index in [9.17, 15) is 5.11 Å². The number of hydrogen-bond acceptors (Lipinski definition) is 5. The van der Waals surface area contributed by atoms with Crippen LogP contribution in [0.25, 0.3) is 0 Å². The molecule has 0 radical (unpaired) electrons. The summed E-state index contributed by atoms with van der Waals surface area (Å²) in [5.74, 6) is 1.54. The highest BCUT2D eigenvalue weighted by Gasteiger charge is 2.40. The van der Waals surface area contributed by atoms with Crippen LogP contribution in [-0.4, -0.2) is 51.1 Å². The highest BCUT2D eigenvalue weighted by atomic mass is 79.9. The molecule has 0 fully saturated rings. The van der Waals surface area contributed by atoms with Crippen LogP contribution < -0.4 is 9.47 Å². The van der Waals surface area contributed by atoms with Gasteiger partial charge in [0.2, 0.25) is 0 Å². The van der Waals surface area contributed by atoms with Crippen molar-refractivity contribution in [1.29, 1.82) is 0 Å². The number of ether oxygens (including phenoxy) is 4. The minimum absolute atomic E-state index is 0.0540. The fourth-order valence-electron chi connectivity index (χ4n) is 4.11. The zero-order valence-corrected chi connectivity index (χ0v) is 23.0. The number of hydrogen-bond donors (Lipinski definition) is 1. The first-order valence-electron chi connectivity index (χ1n) is 12.2. The van der Waals surface area contributed by atoms with E-state index in [0.29, 0.717) is 13.2 Å². The standard InChI is InChI=1S/C30H37BrO5/c1-29(21-32,22-35-20-8-7-19-31)23-36-30(24-9-5-4-6-10-24,25-11-15-27(33-2)16-12-25)26-13-17-28(34-3)18-14-26/h4-6,9-18,32H,7-8,19-23H2,1-3H3. The Hall–Kier alpha value is -2.38. The Balaban J connectivity index is 2.04. The third kappa shape index (κ3) is 6.88. The summed E-state index contributed by atoms with van der Waals surface area (Å²) in [5.41, 5.74) is 1.40. The molecular weight excluding hydrogens is 520 g/mol. The van der Waals surface area contributed by atoms with Gasteiger partial charge in [-0.2, -0.15) is 0 Å². The predicted molar refractivity (Wildman–Crippen MR) is 147 cm³/mol. The lowest BCUT2D eigenvalue weighted by Gasteiger charge is -2.39. The maximum atomic E-state index is 10.3. The molecule has 194 valence electrons. The highest BCUT2D eigenvalue weighted by Crippen LogP contribution is 2.42. The smallest absolute Gasteiger partial charge is 0.143 e. The van der Waals surface area contributed by atoms with E-state index in [1.54, 1.807) is 14.2 Å². The zero-order chi connectivity index (χ0) is 25.9. The summed E-state index contributed by atoms with van der Waals surface area (Å²) in [4.78, 5) is 0. The number of rotatable bonds is 15. The molecule has 0 aliphatic rings. The number of alkyl halides is 1. The fourth-order valence-corrected chi connectivity index (χ4v) is 4.50. The van der Waals surface area contributed by atoms with Gasteiger partial charge in [-0.1, -0.05) is 77.5 Å². The molecule has 0 saturated heterocycles. The number of unbranched alkanes of at least 4 members (excludes halogenated alkanes) is 1. The van der Waals surface area contributed by atoms with Crippen LogP contribution in [0.2, 0.25) is 0 Å². The molecule has 0 bridgehead atoms. The summed E-state index contributed by atoms with van der Waals surface area (Å²) < 4.78 is 23.7. The van der Waals surface area contributed by atoms with Gasteiger partial charge >= 0.3 is 0 Å². The van der Waals surface area contributed by atoms with Crippen LogP contribution in [0.1, 0.15) is 36.5 Å². The number of methoxy groups -OCH3 is 2. The summed E-state index contributed by atoms with van der Waals surface area (Å²) in [6, 6.07) is 26.1. The second-order valence-corrected chi connectivity index (χ2v) is 10.0. The first-order valence-corrected chi connectivity index (χ1v) is 13.4. The summed E-state index contributed by atoms with van der Waals surface area (Å²) in [6.45, 7) is 3.29. The highest BCUT2D eigenvalue weighted by molar-refractivity contribution is 9.09. The van der Waals surface area contributed by atoms with Crippen molar-refractivity contribution >= 4 is 15.9 Å². The van der Waals surface area contributed by atoms with Crippen molar-refractivity contribution in [2.45, 2.75) is 25.4 Å². The number of benzene rings is 3. The van der Waals surface area contributed by atoms with Gasteiger partial charge in [0.15, 0.2) is 0 Å². The quantitative estimate of drug-likeness (QED) is 0.137. The van der Waals surface area contributed by atoms with Crippen molar-refractivity contribution in [3.63, 3.8) is 0 Å². The maximum absolute atomic E-state index is 10.3. The molecule has 3 aromatic carbocycles. The Morgan fingerprint density at radius 1 is 0.722 bits per heavy atom. The van der Waals surface area contributed by atoms with Gasteiger partial charge in [0.1, 0.15) is 17.1 Å². The third-order valence-corrected chi connectivity index (χ3v) is 6.88. The molecule has 1 N–H and O–H groups in total. The van der Waals surface area contributed by atoms with Gasteiger partial charge in [-0.05, 0) is 53.8 Å². The summed E-state index contributed by atoms with van der Waals surface area (Å²) in [6.07, 6.45) is 2.03. The van der Waals surface area contributed by atoms with Crippen LogP contribution in [0.5, 0.6) is 11.5 Å². The van der Waals surface area contributed by atoms with Gasteiger partial charge in [-0.25, -0.2) is 0 Å².